The van der Waals surface area contributed by atoms with Gasteiger partial charge in [0.05, 0.1) is 38.2 Å². The number of benzene rings is 1. The number of unbranched alkanes of at least 4 members (excludes halogenated alkanes) is 5. The Bertz CT molecular complexity index is 1660. The van der Waals surface area contributed by atoms with Crippen molar-refractivity contribution in [2.24, 2.45) is 11.8 Å². The van der Waals surface area contributed by atoms with Gasteiger partial charge < -0.3 is 44.7 Å². The highest BCUT2D eigenvalue weighted by Crippen LogP contribution is 2.35. The zero-order chi connectivity index (χ0) is 38.3. The molecule has 3 heterocycles. The van der Waals surface area contributed by atoms with Crippen molar-refractivity contribution in [3.05, 3.63) is 48.4 Å². The minimum atomic E-state index is -0.767. The number of Topliss-reactive ketones (excluding diaryl/α,β-unsaturated/α-hetero) is 1. The molecule has 298 valence electrons. The highest BCUT2D eigenvalue weighted by atomic mass is 35.5. The molecule has 0 bridgehead atoms. The number of nitrogen functional groups attached to an aromatic ring is 1. The summed E-state index contributed by atoms with van der Waals surface area (Å²) < 4.78 is 15.9. The molecule has 15 heteroatoms. The van der Waals surface area contributed by atoms with Gasteiger partial charge in [-0.25, -0.2) is 4.98 Å². The van der Waals surface area contributed by atoms with Crippen LogP contribution in [0, 0.1) is 11.8 Å². The summed E-state index contributed by atoms with van der Waals surface area (Å²) in [6.07, 6.45) is 12.2. The number of carbonyl (C=O) groups is 3. The number of carboxylic acid groups (broad SMARTS) is 1. The molecule has 1 aliphatic heterocycles. The minimum Gasteiger partial charge on any atom is -0.493 e. The highest BCUT2D eigenvalue weighted by Gasteiger charge is 2.39. The maximum absolute atomic E-state index is 12.4. The van der Waals surface area contributed by atoms with Gasteiger partial charge in [0.15, 0.2) is 17.3 Å². The van der Waals surface area contributed by atoms with Crippen molar-refractivity contribution in [3.63, 3.8) is 0 Å². The molecule has 0 spiro atoms. The van der Waals surface area contributed by atoms with Crippen molar-refractivity contribution < 1.29 is 43.6 Å². The van der Waals surface area contributed by atoms with Crippen molar-refractivity contribution in [1.82, 2.24) is 14.9 Å². The Labute approximate surface area is 323 Å². The van der Waals surface area contributed by atoms with Gasteiger partial charge >= 0.3 is 5.97 Å². The number of methoxy groups -OCH3 is 2. The van der Waals surface area contributed by atoms with Crippen molar-refractivity contribution in [2.45, 2.75) is 89.8 Å². The molecule has 5 rings (SSSR count). The van der Waals surface area contributed by atoms with Crippen LogP contribution >= 0.6 is 12.4 Å². The number of nitrogens with zero attached hydrogens (tertiary/aromatic N) is 4. The van der Waals surface area contributed by atoms with Crippen LogP contribution in [-0.4, -0.2) is 100 Å². The number of amides is 1. The van der Waals surface area contributed by atoms with Crippen molar-refractivity contribution >= 4 is 52.7 Å². The quantitative estimate of drug-likeness (QED) is 0.0965. The lowest BCUT2D eigenvalue weighted by Gasteiger charge is -2.34. The fourth-order valence-electron chi connectivity index (χ4n) is 6.82. The lowest BCUT2D eigenvalue weighted by Crippen LogP contribution is -2.49. The Morgan fingerprint density at radius 1 is 1.04 bits per heavy atom. The van der Waals surface area contributed by atoms with Crippen LogP contribution in [0.3, 0.4) is 0 Å². The smallest absolute Gasteiger partial charge is 0.303 e. The summed E-state index contributed by atoms with van der Waals surface area (Å²) >= 11 is 0. The molecule has 2 fully saturated rings. The second kappa shape index (κ2) is 22.1. The van der Waals surface area contributed by atoms with Gasteiger partial charge in [-0.05, 0) is 37.5 Å². The van der Waals surface area contributed by atoms with Crippen LogP contribution < -0.4 is 20.1 Å². The summed E-state index contributed by atoms with van der Waals surface area (Å²) in [7, 11) is 3.14. The number of fused-ring (bicyclic) bond motifs is 1. The maximum atomic E-state index is 12.4. The number of aliphatic hydroxyl groups is 2. The van der Waals surface area contributed by atoms with Crippen molar-refractivity contribution in [3.8, 4) is 11.5 Å². The topological polar surface area (TPSA) is 202 Å². The van der Waals surface area contributed by atoms with Crippen LogP contribution in [0.4, 0.5) is 11.8 Å². The predicted molar refractivity (Wildman–Crippen MR) is 208 cm³/mol. The van der Waals surface area contributed by atoms with Gasteiger partial charge in [-0.2, -0.15) is 4.98 Å². The first kappa shape index (κ1) is 44.0. The number of furan rings is 1. The minimum absolute atomic E-state index is 0. The first-order valence-electron chi connectivity index (χ1n) is 18.6. The van der Waals surface area contributed by atoms with Gasteiger partial charge in [0.1, 0.15) is 11.6 Å². The Hall–Kier alpha value is -4.40. The van der Waals surface area contributed by atoms with Gasteiger partial charge in [-0.3, -0.25) is 14.4 Å². The number of aliphatic carboxylic acids is 1. The van der Waals surface area contributed by atoms with Crippen LogP contribution in [-0.2, 0) is 9.59 Å². The molecule has 1 aromatic carbocycles. The molecule has 5 N–H and O–H groups in total. The number of carboxylic acids is 1. The number of hydrogen-bond acceptors (Lipinski definition) is 12. The lowest BCUT2D eigenvalue weighted by molar-refractivity contribution is -0.137. The number of anilines is 2. The Kier molecular flexibility index (Phi) is 18.0. The van der Waals surface area contributed by atoms with Gasteiger partial charge in [0, 0.05) is 62.3 Å². The van der Waals surface area contributed by atoms with Crippen LogP contribution in [0.15, 0.2) is 47.1 Å². The number of carbonyl (C=O) groups excluding carboxylic acids is 2. The summed E-state index contributed by atoms with van der Waals surface area (Å²) in [6.45, 7) is 4.42. The first-order valence-corrected chi connectivity index (χ1v) is 18.6. The summed E-state index contributed by atoms with van der Waals surface area (Å²) in [5, 5.41) is 29.4. The third-order valence-electron chi connectivity index (χ3n) is 9.85. The van der Waals surface area contributed by atoms with Crippen LogP contribution in [0.1, 0.15) is 88.1 Å². The number of ketones is 1. The molecule has 0 radical (unpaired) electrons. The molecule has 2 aliphatic rings. The number of aliphatic hydroxyl groups excluding tert-OH is 2. The highest BCUT2D eigenvalue weighted by molar-refractivity contribution is 5.92. The zero-order valence-corrected chi connectivity index (χ0v) is 32.3. The predicted octanol–water partition coefficient (Wildman–Crippen LogP) is 5.68. The van der Waals surface area contributed by atoms with Crippen LogP contribution in [0.5, 0.6) is 11.5 Å². The molecule has 1 saturated carbocycles. The molecule has 1 amide bonds. The van der Waals surface area contributed by atoms with E-state index >= 15 is 0 Å². The number of rotatable bonds is 17. The Balaban J connectivity index is 0.000000288. The number of hydrogen-bond donors (Lipinski definition) is 4. The van der Waals surface area contributed by atoms with E-state index in [4.69, 9.17) is 24.7 Å². The molecule has 1 aliphatic carbocycles. The van der Waals surface area contributed by atoms with Crippen LogP contribution in [0.25, 0.3) is 10.9 Å². The largest absolute Gasteiger partial charge is 0.493 e. The van der Waals surface area contributed by atoms with Gasteiger partial charge in [0.25, 0.3) is 5.91 Å². The number of halogens is 1. The molecular weight excluding hydrogens is 718 g/mol. The van der Waals surface area contributed by atoms with E-state index in [0.717, 1.165) is 51.4 Å². The molecule has 1 saturated heterocycles. The van der Waals surface area contributed by atoms with E-state index in [9.17, 15) is 24.6 Å². The third-order valence-corrected chi connectivity index (χ3v) is 9.85. The number of ether oxygens (including phenoxy) is 2. The maximum Gasteiger partial charge on any atom is 0.303 e. The number of aromatic nitrogens is 2. The van der Waals surface area contributed by atoms with Crippen molar-refractivity contribution in [2.75, 3.05) is 51.0 Å². The standard InChI is InChI=1S/C20H34O5.C19H21N5O4.ClH/c1-2-3-6-9-15(21)12-13-17-16(18(22)14-19(17)23)10-7-4-5-8-11-20(24)25;1-26-15-10-12-13(11-16(15)27-2)21-19(22-17(12)20)24-7-5-23(6-8-24)18(25)14-4-3-9-28-14;/h12-13,15-17,19,21,23H,2-11,14H2,1H3,(H,24,25);3-4,9-11H,5-8H2,1-2H3,(H2,20,21,22);1H/b13-12+;;/t15-,16+,17+,19+;;/m0../s1. The average Bonchev–Trinajstić information content (AvgIpc) is 3.79. The molecule has 54 heavy (non-hydrogen) atoms. The fraction of sp³-hybridized carbons (Fsp3) is 0.564. The SMILES string of the molecule is CCCCC[C@H](O)/C=C/[C@H]1[C@H](O)CC(=O)[C@@H]1CCCCCCC(=O)O.COc1cc2nc(N3CCN(C(=O)c4ccco4)CC3)nc(N)c2cc1OC.Cl. The average molecular weight is 774 g/mol. The van der Waals surface area contributed by atoms with E-state index in [0.29, 0.717) is 72.5 Å². The molecule has 3 aromatic rings. The van der Waals surface area contributed by atoms with E-state index in [1.165, 1.54) is 6.26 Å². The Morgan fingerprint density at radius 3 is 2.39 bits per heavy atom. The van der Waals surface area contributed by atoms with E-state index in [1.807, 2.05) is 11.0 Å². The lowest BCUT2D eigenvalue weighted by atomic mass is 9.88. The molecule has 2 aromatic heterocycles. The molecule has 4 atom stereocenters. The normalized spacial score (nSPS) is 19.0. The monoisotopic (exact) mass is 773 g/mol. The van der Waals surface area contributed by atoms with E-state index in [2.05, 4.69) is 16.9 Å². The summed E-state index contributed by atoms with van der Waals surface area (Å²) in [5.74, 6) is 1.25. The molecule has 0 unspecified atom stereocenters. The summed E-state index contributed by atoms with van der Waals surface area (Å²) in [5.41, 5.74) is 6.84. The summed E-state index contributed by atoms with van der Waals surface area (Å²) in [6, 6.07) is 6.93. The van der Waals surface area contributed by atoms with E-state index < -0.39 is 18.2 Å². The summed E-state index contributed by atoms with van der Waals surface area (Å²) in [4.78, 5) is 47.9. The molecule has 14 nitrogen and oxygen atoms in total. The van der Waals surface area contributed by atoms with Crippen molar-refractivity contribution in [1.29, 1.82) is 0 Å². The zero-order valence-electron chi connectivity index (χ0n) is 31.5. The first-order chi connectivity index (χ1) is 25.6. The Morgan fingerprint density at radius 2 is 1.74 bits per heavy atom. The van der Waals surface area contributed by atoms with E-state index in [-0.39, 0.29) is 48.8 Å². The number of piperazine rings is 1. The van der Waals surface area contributed by atoms with Gasteiger partial charge in [0.2, 0.25) is 5.95 Å². The van der Waals surface area contributed by atoms with Gasteiger partial charge in [-0.1, -0.05) is 57.6 Å². The van der Waals surface area contributed by atoms with Gasteiger partial charge in [-0.15, -0.1) is 12.4 Å². The second-order valence-electron chi connectivity index (χ2n) is 13.6. The third kappa shape index (κ3) is 12.3. The van der Waals surface area contributed by atoms with Crippen LogP contribution in [0.2, 0.25) is 0 Å². The number of nitrogens with two attached hydrogens (primary N) is 1. The fourth-order valence-corrected chi connectivity index (χ4v) is 6.82. The van der Waals surface area contributed by atoms with E-state index in [1.54, 1.807) is 49.5 Å². The second-order valence-corrected chi connectivity index (χ2v) is 13.6. The molecular formula is C39H56ClN5O9.